The third kappa shape index (κ3) is 5.15. The second kappa shape index (κ2) is 9.88. The monoisotopic (exact) mass is 439 g/mol. The molecule has 0 aliphatic rings. The molecule has 0 saturated heterocycles. The van der Waals surface area contributed by atoms with E-state index in [-0.39, 0.29) is 39.6 Å². The molecule has 11 heteroatoms. The molecule has 0 fully saturated rings. The lowest BCUT2D eigenvalue weighted by Crippen LogP contribution is -2.17. The summed E-state index contributed by atoms with van der Waals surface area (Å²) in [5.41, 5.74) is 5.93. The highest BCUT2D eigenvalue weighted by Gasteiger charge is 2.26. The lowest BCUT2D eigenvalue weighted by Gasteiger charge is -2.09. The third-order valence-electron chi connectivity index (χ3n) is 4.01. The van der Waals surface area contributed by atoms with E-state index in [1.165, 1.54) is 11.8 Å². The van der Waals surface area contributed by atoms with E-state index < -0.39 is 11.9 Å². The van der Waals surface area contributed by atoms with Crippen LogP contribution in [0.3, 0.4) is 0 Å². The molecular formula is C18H25N5O4S2. The molecule has 9 nitrogen and oxygen atoms in total. The van der Waals surface area contributed by atoms with Crippen LogP contribution in [0.1, 0.15) is 65.0 Å². The fraction of sp³-hybridized carbons (Fsp3) is 0.500. The fourth-order valence-electron chi connectivity index (χ4n) is 2.71. The van der Waals surface area contributed by atoms with E-state index in [1.54, 1.807) is 13.8 Å². The van der Waals surface area contributed by atoms with Crippen molar-refractivity contribution in [2.24, 2.45) is 5.73 Å². The summed E-state index contributed by atoms with van der Waals surface area (Å²) >= 11 is 2.22. The molecule has 0 bridgehead atoms. The van der Waals surface area contributed by atoms with Gasteiger partial charge in [0.2, 0.25) is 5.91 Å². The molecule has 158 valence electrons. The smallest absolute Gasteiger partial charge is 0.341 e. The Labute approximate surface area is 177 Å². The zero-order valence-corrected chi connectivity index (χ0v) is 18.7. The maximum absolute atomic E-state index is 12.5. The topological polar surface area (TPSA) is 129 Å². The number of rotatable bonds is 9. The highest BCUT2D eigenvalue weighted by Crippen LogP contribution is 2.33. The average molecular weight is 440 g/mol. The van der Waals surface area contributed by atoms with Crippen LogP contribution in [0.15, 0.2) is 5.16 Å². The number of esters is 1. The average Bonchev–Trinajstić information content (AvgIpc) is 3.20. The number of amides is 2. The van der Waals surface area contributed by atoms with Gasteiger partial charge in [0.25, 0.3) is 5.91 Å². The van der Waals surface area contributed by atoms with Gasteiger partial charge in [0.1, 0.15) is 10.8 Å². The number of nitrogens with two attached hydrogens (primary N) is 1. The number of hydrogen-bond donors (Lipinski definition) is 2. The molecule has 2 rings (SSSR count). The second-order valence-corrected chi connectivity index (χ2v) is 8.38. The van der Waals surface area contributed by atoms with Crippen LogP contribution in [0.5, 0.6) is 0 Å². The van der Waals surface area contributed by atoms with Gasteiger partial charge in [-0.15, -0.1) is 21.5 Å². The van der Waals surface area contributed by atoms with Gasteiger partial charge in [0, 0.05) is 12.5 Å². The Morgan fingerprint density at radius 3 is 2.52 bits per heavy atom. The molecule has 2 aromatic rings. The molecule has 0 atom stereocenters. The number of carbonyl (C=O) groups is 3. The normalized spacial score (nSPS) is 11.0. The Bertz CT molecular complexity index is 920. The van der Waals surface area contributed by atoms with Crippen molar-refractivity contribution < 1.29 is 19.1 Å². The minimum Gasteiger partial charge on any atom is -0.462 e. The Morgan fingerprint density at radius 2 is 1.97 bits per heavy atom. The van der Waals surface area contributed by atoms with Crippen molar-refractivity contribution in [1.82, 2.24) is 14.8 Å². The molecular weight excluding hydrogens is 414 g/mol. The van der Waals surface area contributed by atoms with Crippen molar-refractivity contribution in [3.8, 4) is 0 Å². The van der Waals surface area contributed by atoms with Crippen molar-refractivity contribution in [3.05, 3.63) is 21.8 Å². The Balaban J connectivity index is 2.18. The summed E-state index contributed by atoms with van der Waals surface area (Å²) in [4.78, 5) is 36.6. The van der Waals surface area contributed by atoms with Crippen LogP contribution in [0.2, 0.25) is 0 Å². The van der Waals surface area contributed by atoms with E-state index in [2.05, 4.69) is 15.5 Å². The summed E-state index contributed by atoms with van der Waals surface area (Å²) in [7, 11) is 0. The van der Waals surface area contributed by atoms with Crippen molar-refractivity contribution in [1.29, 1.82) is 0 Å². The van der Waals surface area contributed by atoms with Gasteiger partial charge in [-0.1, -0.05) is 25.6 Å². The molecule has 0 aliphatic carbocycles. The van der Waals surface area contributed by atoms with Crippen molar-refractivity contribution in [3.63, 3.8) is 0 Å². The lowest BCUT2D eigenvalue weighted by atomic mass is 10.1. The van der Waals surface area contributed by atoms with Crippen molar-refractivity contribution in [2.45, 2.75) is 52.2 Å². The molecule has 0 saturated carbocycles. The van der Waals surface area contributed by atoms with E-state index in [4.69, 9.17) is 10.5 Å². The van der Waals surface area contributed by atoms with Crippen molar-refractivity contribution >= 4 is 45.9 Å². The summed E-state index contributed by atoms with van der Waals surface area (Å²) in [5, 5.41) is 11.9. The minimum absolute atomic E-state index is 0.0708. The minimum atomic E-state index is -0.662. The van der Waals surface area contributed by atoms with Gasteiger partial charge in [-0.2, -0.15) is 0 Å². The number of thiophene rings is 1. The molecule has 2 aromatic heterocycles. The summed E-state index contributed by atoms with van der Waals surface area (Å²) in [5.74, 6) is -0.454. The number of nitrogens with zero attached hydrogens (tertiary/aromatic N) is 3. The van der Waals surface area contributed by atoms with Crippen LogP contribution in [0.4, 0.5) is 5.00 Å². The maximum Gasteiger partial charge on any atom is 0.341 e. The fourth-order valence-corrected chi connectivity index (χ4v) is 4.58. The van der Waals surface area contributed by atoms with E-state index in [1.807, 2.05) is 25.3 Å². The van der Waals surface area contributed by atoms with Crippen LogP contribution < -0.4 is 11.1 Å². The van der Waals surface area contributed by atoms with Gasteiger partial charge < -0.3 is 20.4 Å². The number of primary amides is 1. The molecule has 3 N–H and O–H groups in total. The standard InChI is InChI=1S/C18H25N5O4S2/c1-6-23-15(9(3)4)21-22-18(23)28-8-11(24)20-16-12(17(26)27-7-2)10(5)13(29-16)14(19)25/h9H,6-8H2,1-5H3,(H2,19,25)(H,20,24). The molecule has 0 unspecified atom stereocenters. The van der Waals surface area contributed by atoms with Gasteiger partial charge in [0.15, 0.2) is 5.16 Å². The van der Waals surface area contributed by atoms with Crippen LogP contribution in [0.25, 0.3) is 0 Å². The molecule has 0 spiro atoms. The summed E-state index contributed by atoms with van der Waals surface area (Å²) in [6.45, 7) is 10.2. The second-order valence-electron chi connectivity index (χ2n) is 6.42. The molecule has 0 aliphatic heterocycles. The Morgan fingerprint density at radius 1 is 1.28 bits per heavy atom. The predicted octanol–water partition coefficient (Wildman–Crippen LogP) is 2.80. The Kier molecular flexibility index (Phi) is 7.80. The highest BCUT2D eigenvalue weighted by atomic mass is 32.2. The molecule has 0 radical (unpaired) electrons. The van der Waals surface area contributed by atoms with E-state index in [0.29, 0.717) is 17.3 Å². The van der Waals surface area contributed by atoms with Crippen LogP contribution in [-0.4, -0.2) is 44.9 Å². The van der Waals surface area contributed by atoms with E-state index >= 15 is 0 Å². The number of nitrogens with one attached hydrogen (secondary N) is 1. The van der Waals surface area contributed by atoms with Crippen LogP contribution >= 0.6 is 23.1 Å². The summed E-state index contributed by atoms with van der Waals surface area (Å²) in [6, 6.07) is 0. The first-order valence-electron chi connectivity index (χ1n) is 9.17. The number of carbonyl (C=O) groups excluding carboxylic acids is 3. The maximum atomic E-state index is 12.5. The van der Waals surface area contributed by atoms with Gasteiger partial charge in [-0.3, -0.25) is 9.59 Å². The largest absolute Gasteiger partial charge is 0.462 e. The van der Waals surface area contributed by atoms with E-state index in [0.717, 1.165) is 17.2 Å². The van der Waals surface area contributed by atoms with E-state index in [9.17, 15) is 14.4 Å². The van der Waals surface area contributed by atoms with Crippen LogP contribution in [0, 0.1) is 6.92 Å². The quantitative estimate of drug-likeness (QED) is 0.454. The molecule has 2 heterocycles. The zero-order chi connectivity index (χ0) is 21.7. The van der Waals surface area contributed by atoms with Crippen LogP contribution in [-0.2, 0) is 16.1 Å². The Hall–Kier alpha value is -2.40. The lowest BCUT2D eigenvalue weighted by molar-refractivity contribution is -0.113. The number of aromatic nitrogens is 3. The predicted molar refractivity (Wildman–Crippen MR) is 113 cm³/mol. The summed E-state index contributed by atoms with van der Waals surface area (Å²) < 4.78 is 7.01. The highest BCUT2D eigenvalue weighted by molar-refractivity contribution is 7.99. The number of thioether (sulfide) groups is 1. The van der Waals surface area contributed by atoms with Gasteiger partial charge in [0.05, 0.1) is 22.8 Å². The van der Waals surface area contributed by atoms with Gasteiger partial charge >= 0.3 is 5.97 Å². The SMILES string of the molecule is CCOC(=O)c1c(NC(=O)CSc2nnc(C(C)C)n2CC)sc(C(N)=O)c1C. The molecule has 0 aromatic carbocycles. The van der Waals surface area contributed by atoms with Gasteiger partial charge in [-0.05, 0) is 26.3 Å². The van der Waals surface area contributed by atoms with Crippen molar-refractivity contribution in [2.75, 3.05) is 17.7 Å². The molecule has 2 amide bonds. The summed E-state index contributed by atoms with van der Waals surface area (Å²) in [6.07, 6.45) is 0. The number of ether oxygens (including phenoxy) is 1. The van der Waals surface area contributed by atoms with Gasteiger partial charge in [-0.25, -0.2) is 4.79 Å². The third-order valence-corrected chi connectivity index (χ3v) is 6.20. The zero-order valence-electron chi connectivity index (χ0n) is 17.1. The first-order valence-corrected chi connectivity index (χ1v) is 11.0. The molecule has 29 heavy (non-hydrogen) atoms. The number of anilines is 1. The first kappa shape index (κ1) is 22.9. The number of hydrogen-bond acceptors (Lipinski definition) is 8. The first-order chi connectivity index (χ1) is 13.7.